The third-order valence-electron chi connectivity index (χ3n) is 7.62. The average Bonchev–Trinajstić information content (AvgIpc) is 2.99. The Labute approximate surface area is 232 Å². The minimum absolute atomic E-state index is 0.379. The van der Waals surface area contributed by atoms with Crippen molar-refractivity contribution in [3.63, 3.8) is 0 Å². The lowest BCUT2D eigenvalue weighted by molar-refractivity contribution is 0.414. The maximum atomic E-state index is 5.44. The van der Waals surface area contributed by atoms with Gasteiger partial charge in [-0.05, 0) is 98.1 Å². The van der Waals surface area contributed by atoms with Gasteiger partial charge >= 0.3 is 0 Å². The monoisotopic (exact) mass is 513 g/mol. The Morgan fingerprint density at radius 1 is 0.436 bits per heavy atom. The maximum Gasteiger partial charge on any atom is 0.118 e. The third kappa shape index (κ3) is 5.26. The number of benzene rings is 5. The highest BCUT2D eigenvalue weighted by molar-refractivity contribution is 5.77. The molecule has 0 radical (unpaired) electrons. The highest BCUT2D eigenvalue weighted by atomic mass is 16.5. The molecule has 196 valence electrons. The molecule has 0 spiro atoms. The van der Waals surface area contributed by atoms with Gasteiger partial charge in [0.05, 0.1) is 14.2 Å². The van der Waals surface area contributed by atoms with Crippen molar-refractivity contribution in [2.45, 2.75) is 26.2 Å². The van der Waals surface area contributed by atoms with Gasteiger partial charge in [0.2, 0.25) is 0 Å². The van der Waals surface area contributed by atoms with E-state index >= 15 is 0 Å². The van der Waals surface area contributed by atoms with Crippen LogP contribution in [0.1, 0.15) is 34.7 Å². The van der Waals surface area contributed by atoms with E-state index in [2.05, 4.69) is 123 Å². The molecule has 0 aromatic heterocycles. The zero-order valence-electron chi connectivity index (χ0n) is 23.3. The van der Waals surface area contributed by atoms with Crippen LogP contribution in [-0.4, -0.2) is 14.2 Å². The fourth-order valence-electron chi connectivity index (χ4n) is 5.13. The summed E-state index contributed by atoms with van der Waals surface area (Å²) in [6.07, 6.45) is 0. The number of nitrogens with zero attached hydrogens (tertiary/aromatic N) is 1. The standard InChI is InChI=1S/C36H35NO2/c1-26-6-16-31(17-7-26)37(32-18-8-27(2)9-19-32)33-20-10-28(11-21-33)36(3,29-12-22-34(38-4)23-13-29)30-14-24-35(39-5)25-15-30/h6-25H,1-5H3. The van der Waals surface area contributed by atoms with Crippen molar-refractivity contribution in [2.75, 3.05) is 19.1 Å². The van der Waals surface area contributed by atoms with Crippen LogP contribution in [0.15, 0.2) is 121 Å². The van der Waals surface area contributed by atoms with Gasteiger partial charge in [0, 0.05) is 22.5 Å². The van der Waals surface area contributed by atoms with Crippen LogP contribution < -0.4 is 14.4 Å². The highest BCUT2D eigenvalue weighted by Crippen LogP contribution is 2.42. The molecule has 0 saturated carbocycles. The summed E-state index contributed by atoms with van der Waals surface area (Å²) in [5, 5.41) is 0. The van der Waals surface area contributed by atoms with E-state index in [0.717, 1.165) is 28.6 Å². The van der Waals surface area contributed by atoms with Crippen LogP contribution in [0.25, 0.3) is 0 Å². The van der Waals surface area contributed by atoms with E-state index in [0.29, 0.717) is 0 Å². The van der Waals surface area contributed by atoms with Gasteiger partial charge in [-0.25, -0.2) is 0 Å². The molecule has 5 aromatic rings. The van der Waals surface area contributed by atoms with Crippen molar-refractivity contribution in [2.24, 2.45) is 0 Å². The second-order valence-electron chi connectivity index (χ2n) is 10.1. The fourth-order valence-corrected chi connectivity index (χ4v) is 5.13. The van der Waals surface area contributed by atoms with E-state index < -0.39 is 0 Å². The lowest BCUT2D eigenvalue weighted by Crippen LogP contribution is -2.25. The Kier molecular flexibility index (Phi) is 7.42. The van der Waals surface area contributed by atoms with E-state index in [4.69, 9.17) is 9.47 Å². The first-order chi connectivity index (χ1) is 18.9. The molecular formula is C36H35NO2. The molecule has 3 nitrogen and oxygen atoms in total. The fraction of sp³-hybridized carbons (Fsp3) is 0.167. The Bertz CT molecular complexity index is 1410. The summed E-state index contributed by atoms with van der Waals surface area (Å²) < 4.78 is 10.9. The second-order valence-corrected chi connectivity index (χ2v) is 10.1. The van der Waals surface area contributed by atoms with Crippen LogP contribution >= 0.6 is 0 Å². The highest BCUT2D eigenvalue weighted by Gasteiger charge is 2.31. The van der Waals surface area contributed by atoms with Crippen molar-refractivity contribution in [1.29, 1.82) is 0 Å². The molecule has 0 aliphatic heterocycles. The molecule has 0 N–H and O–H groups in total. The van der Waals surface area contributed by atoms with Gasteiger partial charge in [-0.3, -0.25) is 0 Å². The van der Waals surface area contributed by atoms with Crippen LogP contribution in [0.3, 0.4) is 0 Å². The Morgan fingerprint density at radius 3 is 1.03 bits per heavy atom. The van der Waals surface area contributed by atoms with Gasteiger partial charge < -0.3 is 14.4 Å². The number of ether oxygens (including phenoxy) is 2. The predicted octanol–water partition coefficient (Wildman–Crippen LogP) is 9.14. The van der Waals surface area contributed by atoms with E-state index in [1.807, 2.05) is 24.3 Å². The largest absolute Gasteiger partial charge is 0.497 e. The summed E-state index contributed by atoms with van der Waals surface area (Å²) in [6.45, 7) is 6.52. The molecule has 0 aliphatic rings. The molecule has 3 heteroatoms. The normalized spacial score (nSPS) is 11.2. The number of hydrogen-bond donors (Lipinski definition) is 0. The molecule has 0 unspecified atom stereocenters. The first kappa shape index (κ1) is 26.1. The second kappa shape index (κ2) is 11.1. The molecular weight excluding hydrogens is 478 g/mol. The molecule has 0 heterocycles. The quantitative estimate of drug-likeness (QED) is 0.193. The van der Waals surface area contributed by atoms with Crippen LogP contribution in [0.5, 0.6) is 11.5 Å². The molecule has 0 saturated heterocycles. The van der Waals surface area contributed by atoms with Crippen LogP contribution in [0.2, 0.25) is 0 Å². The number of aryl methyl sites for hydroxylation is 2. The number of methoxy groups -OCH3 is 2. The van der Waals surface area contributed by atoms with Crippen molar-refractivity contribution >= 4 is 17.1 Å². The van der Waals surface area contributed by atoms with Crippen molar-refractivity contribution in [3.05, 3.63) is 149 Å². The van der Waals surface area contributed by atoms with Crippen LogP contribution in [0, 0.1) is 13.8 Å². The summed E-state index contributed by atoms with van der Waals surface area (Å²) in [4.78, 5) is 2.31. The summed E-state index contributed by atoms with van der Waals surface area (Å²) in [6, 6.07) is 43.1. The number of rotatable bonds is 8. The summed E-state index contributed by atoms with van der Waals surface area (Å²) >= 11 is 0. The molecule has 5 aromatic carbocycles. The van der Waals surface area contributed by atoms with Gasteiger partial charge in [-0.15, -0.1) is 0 Å². The summed E-state index contributed by atoms with van der Waals surface area (Å²) in [5.41, 5.74) is 9.06. The average molecular weight is 514 g/mol. The Morgan fingerprint density at radius 2 is 0.718 bits per heavy atom. The number of anilines is 3. The zero-order chi connectivity index (χ0) is 27.4. The van der Waals surface area contributed by atoms with Gasteiger partial charge in [0.25, 0.3) is 0 Å². The van der Waals surface area contributed by atoms with Gasteiger partial charge in [-0.1, -0.05) is 71.8 Å². The molecule has 0 atom stereocenters. The Hall–Kier alpha value is -4.50. The SMILES string of the molecule is COc1ccc(C(C)(c2ccc(OC)cc2)c2ccc(N(c3ccc(C)cc3)c3ccc(C)cc3)cc2)cc1. The van der Waals surface area contributed by atoms with Crippen molar-refractivity contribution in [3.8, 4) is 11.5 Å². The first-order valence-corrected chi connectivity index (χ1v) is 13.3. The van der Waals surface area contributed by atoms with Crippen molar-refractivity contribution in [1.82, 2.24) is 0 Å². The molecule has 0 aliphatic carbocycles. The molecule has 0 amide bonds. The zero-order valence-corrected chi connectivity index (χ0v) is 23.3. The minimum Gasteiger partial charge on any atom is -0.497 e. The van der Waals surface area contributed by atoms with E-state index in [1.165, 1.54) is 27.8 Å². The smallest absolute Gasteiger partial charge is 0.118 e. The van der Waals surface area contributed by atoms with Gasteiger partial charge in [-0.2, -0.15) is 0 Å². The van der Waals surface area contributed by atoms with Gasteiger partial charge in [0.1, 0.15) is 11.5 Å². The molecule has 0 bridgehead atoms. The molecule has 5 rings (SSSR count). The summed E-state index contributed by atoms with van der Waals surface area (Å²) in [5.74, 6) is 1.69. The molecule has 39 heavy (non-hydrogen) atoms. The van der Waals surface area contributed by atoms with E-state index in [1.54, 1.807) is 14.2 Å². The topological polar surface area (TPSA) is 21.7 Å². The summed E-state index contributed by atoms with van der Waals surface area (Å²) in [7, 11) is 3.40. The van der Waals surface area contributed by atoms with E-state index in [9.17, 15) is 0 Å². The minimum atomic E-state index is -0.379. The predicted molar refractivity (Wildman–Crippen MR) is 162 cm³/mol. The van der Waals surface area contributed by atoms with Gasteiger partial charge in [0.15, 0.2) is 0 Å². The van der Waals surface area contributed by atoms with Crippen LogP contribution in [0.4, 0.5) is 17.1 Å². The van der Waals surface area contributed by atoms with Crippen molar-refractivity contribution < 1.29 is 9.47 Å². The lowest BCUT2D eigenvalue weighted by atomic mass is 9.71. The van der Waals surface area contributed by atoms with Crippen LogP contribution in [-0.2, 0) is 5.41 Å². The third-order valence-corrected chi connectivity index (χ3v) is 7.62. The first-order valence-electron chi connectivity index (χ1n) is 13.3. The number of hydrogen-bond acceptors (Lipinski definition) is 3. The molecule has 0 fully saturated rings. The van der Waals surface area contributed by atoms with E-state index in [-0.39, 0.29) is 5.41 Å². The Balaban J connectivity index is 1.61. The lowest BCUT2D eigenvalue weighted by Gasteiger charge is -2.33. The maximum absolute atomic E-state index is 5.44.